The van der Waals surface area contributed by atoms with Gasteiger partial charge in [0.25, 0.3) is 5.91 Å². The van der Waals surface area contributed by atoms with Crippen molar-refractivity contribution in [1.29, 1.82) is 0 Å². The number of amides is 1. The van der Waals surface area contributed by atoms with Crippen LogP contribution in [0.25, 0.3) is 0 Å². The number of carbonyl (C=O) groups excluding carboxylic acids is 1. The Labute approximate surface area is 122 Å². The monoisotopic (exact) mass is 287 g/mol. The fourth-order valence-corrected chi connectivity index (χ4v) is 1.87. The van der Waals surface area contributed by atoms with Crippen LogP contribution < -0.4 is 11.1 Å². The van der Waals surface area contributed by atoms with Gasteiger partial charge >= 0.3 is 0 Å². The smallest absolute Gasteiger partial charge is 0.251 e. The predicted octanol–water partition coefficient (Wildman–Crippen LogP) is 0.753. The molecule has 0 saturated carbocycles. The van der Waals surface area contributed by atoms with Crippen LogP contribution in [0.5, 0.6) is 0 Å². The Hall–Kier alpha value is -2.83. The number of hydrogen-bond acceptors (Lipinski definition) is 4. The summed E-state index contributed by atoms with van der Waals surface area (Å²) in [5.41, 5.74) is 8.40. The fraction of sp³-hybridized carbons (Fsp3) is 0.214. The highest BCUT2D eigenvalue weighted by Crippen LogP contribution is 2.08. The first-order valence-electron chi connectivity index (χ1n) is 6.36. The Bertz CT molecular complexity index is 690. The lowest BCUT2D eigenvalue weighted by atomic mass is 10.1. The van der Waals surface area contributed by atoms with Crippen LogP contribution in [0.3, 0.4) is 0 Å². The average Bonchev–Trinajstić information content (AvgIpc) is 2.83. The zero-order valence-corrected chi connectivity index (χ0v) is 11.9. The summed E-state index contributed by atoms with van der Waals surface area (Å²) in [6.07, 6.45) is 1.72. The van der Waals surface area contributed by atoms with Crippen molar-refractivity contribution in [2.24, 2.45) is 17.9 Å². The van der Waals surface area contributed by atoms with E-state index < -0.39 is 0 Å². The van der Waals surface area contributed by atoms with E-state index in [0.717, 1.165) is 11.3 Å². The van der Waals surface area contributed by atoms with E-state index in [9.17, 15) is 4.79 Å². The average molecular weight is 287 g/mol. The highest BCUT2D eigenvalue weighted by atomic mass is 16.4. The maximum Gasteiger partial charge on any atom is 0.251 e. The SMILES string of the molecule is Cc1c(CNC(=O)c2cccc(/C(N)=N/O)c2)cnn1C. The molecule has 0 radical (unpaired) electrons. The van der Waals surface area contributed by atoms with E-state index in [1.54, 1.807) is 35.1 Å². The minimum atomic E-state index is -0.231. The molecule has 4 N–H and O–H groups in total. The van der Waals surface area contributed by atoms with Crippen molar-refractivity contribution < 1.29 is 10.0 Å². The number of benzene rings is 1. The number of nitrogens with two attached hydrogens (primary N) is 1. The molecule has 0 atom stereocenters. The third-order valence-corrected chi connectivity index (χ3v) is 3.30. The van der Waals surface area contributed by atoms with Gasteiger partial charge in [-0.05, 0) is 19.1 Å². The summed E-state index contributed by atoms with van der Waals surface area (Å²) >= 11 is 0. The second-order valence-electron chi connectivity index (χ2n) is 4.63. The second kappa shape index (κ2) is 6.08. The molecule has 0 spiro atoms. The van der Waals surface area contributed by atoms with Crippen LogP contribution in [0.2, 0.25) is 0 Å². The van der Waals surface area contributed by atoms with Gasteiger partial charge in [-0.2, -0.15) is 5.10 Å². The van der Waals surface area contributed by atoms with E-state index in [0.29, 0.717) is 17.7 Å². The maximum absolute atomic E-state index is 12.1. The van der Waals surface area contributed by atoms with Crippen molar-refractivity contribution in [1.82, 2.24) is 15.1 Å². The molecule has 1 amide bonds. The molecule has 0 aliphatic heterocycles. The van der Waals surface area contributed by atoms with Crippen molar-refractivity contribution in [2.45, 2.75) is 13.5 Å². The van der Waals surface area contributed by atoms with Gasteiger partial charge in [0, 0.05) is 36.0 Å². The number of amidine groups is 1. The third-order valence-electron chi connectivity index (χ3n) is 3.30. The molecule has 0 fully saturated rings. The first kappa shape index (κ1) is 14.6. The van der Waals surface area contributed by atoms with Crippen molar-refractivity contribution in [3.63, 3.8) is 0 Å². The first-order valence-corrected chi connectivity index (χ1v) is 6.36. The van der Waals surface area contributed by atoms with Gasteiger partial charge in [0.15, 0.2) is 5.84 Å². The number of nitrogens with zero attached hydrogens (tertiary/aromatic N) is 3. The van der Waals surface area contributed by atoms with Gasteiger partial charge in [-0.1, -0.05) is 17.3 Å². The van der Waals surface area contributed by atoms with E-state index in [4.69, 9.17) is 10.9 Å². The zero-order chi connectivity index (χ0) is 15.4. The predicted molar refractivity (Wildman–Crippen MR) is 78.1 cm³/mol. The molecular formula is C14H17N5O2. The van der Waals surface area contributed by atoms with Crippen LogP contribution in [0, 0.1) is 6.92 Å². The molecule has 1 aromatic heterocycles. The van der Waals surface area contributed by atoms with E-state index >= 15 is 0 Å². The van der Waals surface area contributed by atoms with Gasteiger partial charge in [0.1, 0.15) is 0 Å². The summed E-state index contributed by atoms with van der Waals surface area (Å²) in [5.74, 6) is -0.265. The van der Waals surface area contributed by atoms with E-state index in [-0.39, 0.29) is 11.7 Å². The molecule has 0 bridgehead atoms. The number of rotatable bonds is 4. The molecule has 21 heavy (non-hydrogen) atoms. The summed E-state index contributed by atoms with van der Waals surface area (Å²) in [4.78, 5) is 12.1. The molecule has 0 saturated heterocycles. The molecule has 110 valence electrons. The van der Waals surface area contributed by atoms with E-state index in [1.807, 2.05) is 14.0 Å². The third kappa shape index (κ3) is 3.19. The number of oxime groups is 1. The first-order chi connectivity index (χ1) is 10.0. The minimum Gasteiger partial charge on any atom is -0.409 e. The van der Waals surface area contributed by atoms with Crippen LogP contribution in [-0.2, 0) is 13.6 Å². The second-order valence-corrected chi connectivity index (χ2v) is 4.63. The molecule has 7 nitrogen and oxygen atoms in total. The lowest BCUT2D eigenvalue weighted by Gasteiger charge is -2.06. The summed E-state index contributed by atoms with van der Waals surface area (Å²) < 4.78 is 1.75. The number of nitrogens with one attached hydrogen (secondary N) is 1. The van der Waals surface area contributed by atoms with Gasteiger partial charge in [0.2, 0.25) is 0 Å². The molecule has 0 unspecified atom stereocenters. The highest BCUT2D eigenvalue weighted by Gasteiger charge is 2.09. The van der Waals surface area contributed by atoms with Gasteiger partial charge in [-0.3, -0.25) is 9.48 Å². The molecule has 1 heterocycles. The summed E-state index contributed by atoms with van der Waals surface area (Å²) in [5, 5.41) is 18.5. The molecule has 2 rings (SSSR count). The summed E-state index contributed by atoms with van der Waals surface area (Å²) in [7, 11) is 1.85. The van der Waals surface area contributed by atoms with Crippen LogP contribution in [0.4, 0.5) is 0 Å². The summed E-state index contributed by atoms with van der Waals surface area (Å²) in [6.45, 7) is 2.33. The molecule has 1 aromatic carbocycles. The van der Waals surface area contributed by atoms with Gasteiger partial charge in [-0.15, -0.1) is 0 Å². The molecular weight excluding hydrogens is 270 g/mol. The van der Waals surface area contributed by atoms with Crippen molar-refractivity contribution in [2.75, 3.05) is 0 Å². The van der Waals surface area contributed by atoms with Crippen LogP contribution in [0.1, 0.15) is 27.2 Å². The largest absolute Gasteiger partial charge is 0.409 e. The minimum absolute atomic E-state index is 0.0345. The number of aryl methyl sites for hydroxylation is 1. The molecule has 0 aliphatic carbocycles. The van der Waals surface area contributed by atoms with Crippen molar-refractivity contribution >= 4 is 11.7 Å². The fourth-order valence-electron chi connectivity index (χ4n) is 1.87. The Kier molecular flexibility index (Phi) is 4.22. The van der Waals surface area contributed by atoms with Gasteiger partial charge in [-0.25, -0.2) is 0 Å². The Morgan fingerprint density at radius 1 is 1.48 bits per heavy atom. The lowest BCUT2D eigenvalue weighted by molar-refractivity contribution is 0.0951. The molecule has 2 aromatic rings. The zero-order valence-electron chi connectivity index (χ0n) is 11.9. The van der Waals surface area contributed by atoms with E-state index in [2.05, 4.69) is 15.6 Å². The Morgan fingerprint density at radius 3 is 2.81 bits per heavy atom. The van der Waals surface area contributed by atoms with Crippen LogP contribution >= 0.6 is 0 Å². The molecule has 7 heteroatoms. The topological polar surface area (TPSA) is 106 Å². The number of carbonyl (C=O) groups is 1. The Morgan fingerprint density at radius 2 is 2.19 bits per heavy atom. The lowest BCUT2D eigenvalue weighted by Crippen LogP contribution is -2.23. The molecule has 0 aliphatic rings. The number of aromatic nitrogens is 2. The van der Waals surface area contributed by atoms with E-state index in [1.165, 1.54) is 0 Å². The van der Waals surface area contributed by atoms with Crippen molar-refractivity contribution in [3.8, 4) is 0 Å². The standard InChI is InChI=1S/C14H17N5O2/c1-9-12(8-17-19(9)2)7-16-14(20)11-5-3-4-10(6-11)13(15)18-21/h3-6,8,21H,7H2,1-2H3,(H2,15,18)(H,16,20). The number of hydrogen-bond donors (Lipinski definition) is 3. The maximum atomic E-state index is 12.1. The summed E-state index contributed by atoms with van der Waals surface area (Å²) in [6, 6.07) is 6.58. The normalized spacial score (nSPS) is 11.4. The van der Waals surface area contributed by atoms with Gasteiger partial charge in [0.05, 0.1) is 6.20 Å². The highest BCUT2D eigenvalue weighted by molar-refractivity contribution is 6.01. The van der Waals surface area contributed by atoms with Crippen molar-refractivity contribution in [3.05, 3.63) is 52.8 Å². The van der Waals surface area contributed by atoms with Crippen LogP contribution in [-0.4, -0.2) is 26.7 Å². The van der Waals surface area contributed by atoms with Crippen LogP contribution in [0.15, 0.2) is 35.6 Å². The van der Waals surface area contributed by atoms with Gasteiger partial charge < -0.3 is 16.3 Å². The quantitative estimate of drug-likeness (QED) is 0.334. The Balaban J connectivity index is 2.09.